The summed E-state index contributed by atoms with van der Waals surface area (Å²) in [5.74, 6) is -0.300. The Balaban J connectivity index is 2.93. The summed E-state index contributed by atoms with van der Waals surface area (Å²) in [6.07, 6.45) is 0. The van der Waals surface area contributed by atoms with E-state index in [2.05, 4.69) is 5.32 Å². The van der Waals surface area contributed by atoms with Gasteiger partial charge in [-0.15, -0.1) is 0 Å². The molecule has 0 saturated heterocycles. The average molecular weight is 280 g/mol. The normalized spacial score (nSPS) is 9.95. The molecule has 6 heteroatoms. The van der Waals surface area contributed by atoms with Gasteiger partial charge in [-0.1, -0.05) is 0 Å². The van der Waals surface area contributed by atoms with Crippen molar-refractivity contribution in [3.63, 3.8) is 0 Å². The van der Waals surface area contributed by atoms with E-state index in [1.165, 1.54) is 24.1 Å². The lowest BCUT2D eigenvalue weighted by Gasteiger charge is -2.21. The van der Waals surface area contributed by atoms with Gasteiger partial charge in [0, 0.05) is 13.1 Å². The molecule has 0 aliphatic rings. The quantitative estimate of drug-likeness (QED) is 0.814. The lowest BCUT2D eigenvalue weighted by Crippen LogP contribution is -2.40. The fourth-order valence-corrected chi connectivity index (χ4v) is 1.74. The molecule has 0 radical (unpaired) electrons. The number of amides is 2. The lowest BCUT2D eigenvalue weighted by molar-refractivity contribution is -0.121. The molecule has 0 bridgehead atoms. The number of phenolic OH excluding ortho intramolecular Hbond substituents is 1. The van der Waals surface area contributed by atoms with Crippen molar-refractivity contribution < 1.29 is 19.4 Å². The molecule has 1 aromatic carbocycles. The summed E-state index contributed by atoms with van der Waals surface area (Å²) in [6.45, 7) is 4.42. The van der Waals surface area contributed by atoms with Crippen LogP contribution >= 0.6 is 0 Å². The van der Waals surface area contributed by atoms with Crippen LogP contribution in [0.5, 0.6) is 11.5 Å². The second-order valence-corrected chi connectivity index (χ2v) is 4.16. The van der Waals surface area contributed by atoms with Gasteiger partial charge in [-0.25, -0.2) is 0 Å². The Hall–Kier alpha value is -2.24. The topological polar surface area (TPSA) is 78.9 Å². The highest BCUT2D eigenvalue weighted by Crippen LogP contribution is 2.24. The van der Waals surface area contributed by atoms with Crippen LogP contribution in [0, 0.1) is 0 Å². The van der Waals surface area contributed by atoms with E-state index in [0.717, 1.165) is 0 Å². The van der Waals surface area contributed by atoms with Crippen molar-refractivity contribution in [1.29, 1.82) is 0 Å². The molecule has 20 heavy (non-hydrogen) atoms. The Labute approximate surface area is 118 Å². The highest BCUT2D eigenvalue weighted by Gasteiger charge is 2.20. The molecule has 2 N–H and O–H groups in total. The van der Waals surface area contributed by atoms with Crippen molar-refractivity contribution in [3.05, 3.63) is 23.8 Å². The summed E-state index contributed by atoms with van der Waals surface area (Å²) >= 11 is 0. The van der Waals surface area contributed by atoms with Gasteiger partial charge in [0.2, 0.25) is 5.91 Å². The zero-order valence-corrected chi connectivity index (χ0v) is 12.0. The maximum absolute atomic E-state index is 12.3. The molecule has 110 valence electrons. The number of carbonyl (C=O) groups excluding carboxylic acids is 2. The van der Waals surface area contributed by atoms with Crippen LogP contribution in [-0.4, -0.2) is 48.6 Å². The zero-order valence-electron chi connectivity index (χ0n) is 12.0. The van der Waals surface area contributed by atoms with Crippen molar-refractivity contribution in [2.24, 2.45) is 0 Å². The van der Waals surface area contributed by atoms with E-state index >= 15 is 0 Å². The molecule has 0 atom stereocenters. The van der Waals surface area contributed by atoms with Gasteiger partial charge in [0.05, 0.1) is 19.2 Å². The van der Waals surface area contributed by atoms with Crippen molar-refractivity contribution in [2.45, 2.75) is 13.8 Å². The maximum atomic E-state index is 12.3. The second kappa shape index (κ2) is 7.37. The van der Waals surface area contributed by atoms with Crippen molar-refractivity contribution >= 4 is 11.8 Å². The van der Waals surface area contributed by atoms with Crippen LogP contribution in [0.25, 0.3) is 0 Å². The van der Waals surface area contributed by atoms with Gasteiger partial charge in [0.1, 0.15) is 11.5 Å². The molecule has 0 heterocycles. The number of nitrogens with one attached hydrogen (secondary N) is 1. The smallest absolute Gasteiger partial charge is 0.258 e. The SMILES string of the molecule is CCNC(=O)CN(CC)C(=O)c1cc(OC)ccc1O. The molecule has 0 unspecified atom stereocenters. The number of phenols is 1. The summed E-state index contributed by atoms with van der Waals surface area (Å²) in [4.78, 5) is 25.3. The van der Waals surface area contributed by atoms with E-state index in [1.807, 2.05) is 6.92 Å². The van der Waals surface area contributed by atoms with E-state index in [9.17, 15) is 14.7 Å². The van der Waals surface area contributed by atoms with Gasteiger partial charge in [-0.05, 0) is 32.0 Å². The fourth-order valence-electron chi connectivity index (χ4n) is 1.74. The van der Waals surface area contributed by atoms with Crippen LogP contribution in [0.15, 0.2) is 18.2 Å². The standard InChI is InChI=1S/C14H20N2O4/c1-4-15-13(18)9-16(5-2)14(19)11-8-10(20-3)6-7-12(11)17/h6-8,17H,4-5,9H2,1-3H3,(H,15,18). The van der Waals surface area contributed by atoms with Gasteiger partial charge in [-0.3, -0.25) is 9.59 Å². The number of methoxy groups -OCH3 is 1. The highest BCUT2D eigenvalue weighted by molar-refractivity contribution is 5.99. The third kappa shape index (κ3) is 3.88. The van der Waals surface area contributed by atoms with Crippen LogP contribution < -0.4 is 10.1 Å². The molecule has 0 aliphatic heterocycles. The van der Waals surface area contributed by atoms with Crippen molar-refractivity contribution in [3.8, 4) is 11.5 Å². The van der Waals surface area contributed by atoms with Crippen LogP contribution in [-0.2, 0) is 4.79 Å². The van der Waals surface area contributed by atoms with Crippen LogP contribution in [0.2, 0.25) is 0 Å². The Morgan fingerprint density at radius 1 is 1.35 bits per heavy atom. The highest BCUT2D eigenvalue weighted by atomic mass is 16.5. The molecule has 0 aliphatic carbocycles. The van der Waals surface area contributed by atoms with Gasteiger partial charge in [-0.2, -0.15) is 0 Å². The number of likely N-dealkylation sites (N-methyl/N-ethyl adjacent to an activating group) is 2. The van der Waals surface area contributed by atoms with Crippen LogP contribution in [0.1, 0.15) is 24.2 Å². The van der Waals surface area contributed by atoms with E-state index in [4.69, 9.17) is 4.74 Å². The first-order valence-corrected chi connectivity index (χ1v) is 6.46. The van der Waals surface area contributed by atoms with Crippen molar-refractivity contribution in [2.75, 3.05) is 26.7 Å². The number of rotatable bonds is 6. The number of hydrogen-bond donors (Lipinski definition) is 2. The minimum absolute atomic E-state index is 0.0418. The van der Waals surface area contributed by atoms with Crippen molar-refractivity contribution in [1.82, 2.24) is 10.2 Å². The lowest BCUT2D eigenvalue weighted by atomic mass is 10.1. The number of ether oxygens (including phenoxy) is 1. The minimum Gasteiger partial charge on any atom is -0.507 e. The van der Waals surface area contributed by atoms with E-state index in [0.29, 0.717) is 18.8 Å². The number of benzene rings is 1. The van der Waals surface area contributed by atoms with Gasteiger partial charge in [0.25, 0.3) is 5.91 Å². The van der Waals surface area contributed by atoms with E-state index in [-0.39, 0.29) is 23.8 Å². The molecule has 1 aromatic rings. The Morgan fingerprint density at radius 3 is 2.60 bits per heavy atom. The Bertz CT molecular complexity index is 488. The average Bonchev–Trinajstić information content (AvgIpc) is 2.45. The molecule has 0 aromatic heterocycles. The largest absolute Gasteiger partial charge is 0.507 e. The maximum Gasteiger partial charge on any atom is 0.258 e. The van der Waals surface area contributed by atoms with Gasteiger partial charge < -0.3 is 20.1 Å². The van der Waals surface area contributed by atoms with Gasteiger partial charge >= 0.3 is 0 Å². The predicted octanol–water partition coefficient (Wildman–Crippen LogP) is 0.999. The predicted molar refractivity (Wildman–Crippen MR) is 74.9 cm³/mol. The molecule has 1 rings (SSSR count). The summed E-state index contributed by atoms with van der Waals surface area (Å²) in [5.41, 5.74) is 0.121. The number of nitrogens with zero attached hydrogens (tertiary/aromatic N) is 1. The fraction of sp³-hybridized carbons (Fsp3) is 0.429. The molecule has 0 saturated carbocycles. The first-order chi connectivity index (χ1) is 9.53. The Morgan fingerprint density at radius 2 is 2.05 bits per heavy atom. The zero-order chi connectivity index (χ0) is 15.1. The molecule has 0 fully saturated rings. The van der Waals surface area contributed by atoms with E-state index < -0.39 is 5.91 Å². The van der Waals surface area contributed by atoms with Crippen LogP contribution in [0.3, 0.4) is 0 Å². The number of aromatic hydroxyl groups is 1. The van der Waals surface area contributed by atoms with E-state index in [1.54, 1.807) is 13.0 Å². The number of hydrogen-bond acceptors (Lipinski definition) is 4. The first kappa shape index (κ1) is 15.8. The number of carbonyl (C=O) groups is 2. The molecule has 0 spiro atoms. The Kier molecular flexibility index (Phi) is 5.83. The monoisotopic (exact) mass is 280 g/mol. The molecular formula is C14H20N2O4. The first-order valence-electron chi connectivity index (χ1n) is 6.46. The molecule has 6 nitrogen and oxygen atoms in total. The van der Waals surface area contributed by atoms with Crippen LogP contribution in [0.4, 0.5) is 0 Å². The summed E-state index contributed by atoms with van der Waals surface area (Å²) in [5, 5.41) is 12.4. The summed E-state index contributed by atoms with van der Waals surface area (Å²) in [6, 6.07) is 4.41. The summed E-state index contributed by atoms with van der Waals surface area (Å²) in [7, 11) is 1.48. The third-order valence-electron chi connectivity index (χ3n) is 2.81. The van der Waals surface area contributed by atoms with Gasteiger partial charge in [0.15, 0.2) is 0 Å². The molecular weight excluding hydrogens is 260 g/mol. The third-order valence-corrected chi connectivity index (χ3v) is 2.81. The second-order valence-electron chi connectivity index (χ2n) is 4.16. The summed E-state index contributed by atoms with van der Waals surface area (Å²) < 4.78 is 5.03. The molecule has 2 amide bonds. The minimum atomic E-state index is -0.407.